The number of rotatable bonds is 3. The van der Waals surface area contributed by atoms with E-state index >= 15 is 0 Å². The third-order valence-corrected chi connectivity index (χ3v) is 4.59. The molecule has 3 rings (SSSR count). The number of hydrogen-bond acceptors (Lipinski definition) is 3. The third kappa shape index (κ3) is 2.03. The van der Waals surface area contributed by atoms with Gasteiger partial charge in [0.05, 0.1) is 25.3 Å². The summed E-state index contributed by atoms with van der Waals surface area (Å²) >= 11 is 0. The Bertz CT molecular complexity index is 590. The monoisotopic (exact) mass is 274 g/mol. The molecule has 1 aliphatic carbocycles. The zero-order valence-electron chi connectivity index (χ0n) is 12.6. The molecule has 1 saturated carbocycles. The minimum absolute atomic E-state index is 0.321. The van der Waals surface area contributed by atoms with E-state index in [-0.39, 0.29) is 0 Å². The van der Waals surface area contributed by atoms with Crippen molar-refractivity contribution in [2.45, 2.75) is 39.0 Å². The average Bonchev–Trinajstić information content (AvgIpc) is 2.98. The molecule has 1 N–H and O–H groups in total. The van der Waals surface area contributed by atoms with E-state index in [1.54, 1.807) is 14.2 Å². The van der Waals surface area contributed by atoms with Crippen molar-refractivity contribution in [3.05, 3.63) is 18.0 Å². The minimum atomic E-state index is 0.321. The second-order valence-electron chi connectivity index (χ2n) is 6.28. The van der Waals surface area contributed by atoms with Gasteiger partial charge in [0, 0.05) is 18.1 Å². The highest BCUT2D eigenvalue weighted by atomic mass is 16.5. The van der Waals surface area contributed by atoms with E-state index in [4.69, 9.17) is 14.5 Å². The summed E-state index contributed by atoms with van der Waals surface area (Å²) in [4.78, 5) is 8.26. The van der Waals surface area contributed by atoms with Gasteiger partial charge in [-0.15, -0.1) is 0 Å². The summed E-state index contributed by atoms with van der Waals surface area (Å²) in [6.07, 6.45) is 3.75. The van der Waals surface area contributed by atoms with Crippen LogP contribution in [0.5, 0.6) is 11.5 Å². The van der Waals surface area contributed by atoms with Crippen molar-refractivity contribution in [2.24, 2.45) is 5.41 Å². The molecule has 108 valence electrons. The van der Waals surface area contributed by atoms with Gasteiger partial charge < -0.3 is 14.5 Å². The number of H-pyrrole nitrogens is 1. The van der Waals surface area contributed by atoms with Crippen LogP contribution >= 0.6 is 0 Å². The molecule has 1 aliphatic rings. The zero-order chi connectivity index (χ0) is 14.3. The van der Waals surface area contributed by atoms with Crippen LogP contribution in [0.2, 0.25) is 0 Å². The van der Waals surface area contributed by atoms with E-state index in [9.17, 15) is 0 Å². The summed E-state index contributed by atoms with van der Waals surface area (Å²) < 4.78 is 10.7. The largest absolute Gasteiger partial charge is 0.493 e. The molecule has 0 saturated heterocycles. The van der Waals surface area contributed by atoms with Crippen LogP contribution in [0.25, 0.3) is 11.0 Å². The highest BCUT2D eigenvalue weighted by Gasteiger charge is 2.37. The van der Waals surface area contributed by atoms with Crippen LogP contribution in [-0.4, -0.2) is 24.2 Å². The predicted octanol–water partition coefficient (Wildman–Crippen LogP) is 3.87. The molecule has 4 heteroatoms. The number of ether oxygens (including phenoxy) is 2. The Hall–Kier alpha value is -1.71. The van der Waals surface area contributed by atoms with Crippen molar-refractivity contribution in [3.8, 4) is 11.5 Å². The van der Waals surface area contributed by atoms with Crippen LogP contribution in [0.3, 0.4) is 0 Å². The summed E-state index contributed by atoms with van der Waals surface area (Å²) in [6.45, 7) is 4.66. The number of nitrogens with zero attached hydrogens (tertiary/aromatic N) is 1. The first-order valence-electron chi connectivity index (χ1n) is 7.17. The van der Waals surface area contributed by atoms with E-state index in [0.717, 1.165) is 28.4 Å². The Morgan fingerprint density at radius 1 is 1.20 bits per heavy atom. The Kier molecular flexibility index (Phi) is 3.11. The fourth-order valence-corrected chi connectivity index (χ4v) is 3.36. The van der Waals surface area contributed by atoms with Gasteiger partial charge in [-0.25, -0.2) is 4.98 Å². The number of aromatic nitrogens is 2. The van der Waals surface area contributed by atoms with Gasteiger partial charge in [0.1, 0.15) is 5.82 Å². The average molecular weight is 274 g/mol. The van der Waals surface area contributed by atoms with Crippen molar-refractivity contribution in [3.63, 3.8) is 0 Å². The number of benzene rings is 1. The molecule has 0 aliphatic heterocycles. The summed E-state index contributed by atoms with van der Waals surface area (Å²) in [5, 5.41) is 0. The van der Waals surface area contributed by atoms with Crippen LogP contribution in [-0.2, 0) is 0 Å². The van der Waals surface area contributed by atoms with Crippen LogP contribution < -0.4 is 9.47 Å². The first-order valence-corrected chi connectivity index (χ1v) is 7.17. The Labute approximate surface area is 119 Å². The molecule has 0 spiro atoms. The second kappa shape index (κ2) is 4.69. The van der Waals surface area contributed by atoms with E-state index in [2.05, 4.69) is 18.8 Å². The van der Waals surface area contributed by atoms with Crippen molar-refractivity contribution in [1.29, 1.82) is 0 Å². The summed E-state index contributed by atoms with van der Waals surface area (Å²) in [6, 6.07) is 3.91. The quantitative estimate of drug-likeness (QED) is 0.924. The molecule has 0 bridgehead atoms. The van der Waals surface area contributed by atoms with Gasteiger partial charge in [0.2, 0.25) is 0 Å². The Morgan fingerprint density at radius 2 is 1.90 bits per heavy atom. The third-order valence-electron chi connectivity index (χ3n) is 4.59. The van der Waals surface area contributed by atoms with Crippen LogP contribution in [0.4, 0.5) is 0 Å². The predicted molar refractivity (Wildman–Crippen MR) is 79.6 cm³/mol. The van der Waals surface area contributed by atoms with Gasteiger partial charge in [0.25, 0.3) is 0 Å². The molecule has 1 aromatic heterocycles. The highest BCUT2D eigenvalue weighted by molar-refractivity contribution is 5.80. The first-order chi connectivity index (χ1) is 9.55. The van der Waals surface area contributed by atoms with Crippen molar-refractivity contribution in [1.82, 2.24) is 9.97 Å². The lowest BCUT2D eigenvalue weighted by atomic mass is 9.81. The van der Waals surface area contributed by atoms with E-state index in [0.29, 0.717) is 11.3 Å². The fraction of sp³-hybridized carbons (Fsp3) is 0.562. The molecule has 20 heavy (non-hydrogen) atoms. The maximum atomic E-state index is 5.35. The van der Waals surface area contributed by atoms with Crippen molar-refractivity contribution >= 4 is 11.0 Å². The lowest BCUT2D eigenvalue weighted by Gasteiger charge is -2.24. The normalized spacial score (nSPS) is 21.3. The molecule has 1 atom stereocenters. The SMILES string of the molecule is COc1cc2nc(C3CCCC3(C)C)[nH]c2cc1OC. The number of nitrogens with one attached hydrogen (secondary N) is 1. The van der Waals surface area contributed by atoms with Crippen LogP contribution in [0.15, 0.2) is 12.1 Å². The van der Waals surface area contributed by atoms with Gasteiger partial charge in [0.15, 0.2) is 11.5 Å². The standard InChI is InChI=1S/C16H22N2O2/c1-16(2)7-5-6-10(16)15-17-11-8-13(19-3)14(20-4)9-12(11)18-15/h8-10H,5-7H2,1-4H3,(H,17,18). The number of fused-ring (bicyclic) bond motifs is 1. The topological polar surface area (TPSA) is 47.1 Å². The number of hydrogen-bond donors (Lipinski definition) is 1. The lowest BCUT2D eigenvalue weighted by Crippen LogP contribution is -2.16. The molecular formula is C16H22N2O2. The maximum absolute atomic E-state index is 5.35. The zero-order valence-corrected chi connectivity index (χ0v) is 12.6. The maximum Gasteiger partial charge on any atom is 0.163 e. The van der Waals surface area contributed by atoms with E-state index in [1.165, 1.54) is 19.3 Å². The molecule has 1 heterocycles. The number of imidazole rings is 1. The van der Waals surface area contributed by atoms with Crippen molar-refractivity contribution in [2.75, 3.05) is 14.2 Å². The van der Waals surface area contributed by atoms with Crippen LogP contribution in [0.1, 0.15) is 44.9 Å². The van der Waals surface area contributed by atoms with E-state index < -0.39 is 0 Å². The van der Waals surface area contributed by atoms with Gasteiger partial charge in [-0.1, -0.05) is 20.3 Å². The van der Waals surface area contributed by atoms with Gasteiger partial charge >= 0.3 is 0 Å². The molecule has 1 aromatic carbocycles. The molecule has 1 unspecified atom stereocenters. The molecule has 1 fully saturated rings. The van der Waals surface area contributed by atoms with Crippen LogP contribution in [0, 0.1) is 5.41 Å². The van der Waals surface area contributed by atoms with E-state index in [1.807, 2.05) is 12.1 Å². The fourth-order valence-electron chi connectivity index (χ4n) is 3.36. The molecule has 2 aromatic rings. The Balaban J connectivity index is 2.06. The van der Waals surface area contributed by atoms with Gasteiger partial charge in [-0.05, 0) is 18.3 Å². The smallest absolute Gasteiger partial charge is 0.163 e. The number of aromatic amines is 1. The molecule has 0 amide bonds. The molecule has 4 nitrogen and oxygen atoms in total. The van der Waals surface area contributed by atoms with Gasteiger partial charge in [-0.3, -0.25) is 0 Å². The summed E-state index contributed by atoms with van der Waals surface area (Å²) in [7, 11) is 3.30. The minimum Gasteiger partial charge on any atom is -0.493 e. The Morgan fingerprint density at radius 3 is 2.50 bits per heavy atom. The molecular weight excluding hydrogens is 252 g/mol. The first kappa shape index (κ1) is 13.3. The second-order valence-corrected chi connectivity index (χ2v) is 6.28. The van der Waals surface area contributed by atoms with Crippen molar-refractivity contribution < 1.29 is 9.47 Å². The molecule has 0 radical (unpaired) electrons. The highest BCUT2D eigenvalue weighted by Crippen LogP contribution is 2.48. The lowest BCUT2D eigenvalue weighted by molar-refractivity contribution is 0.324. The summed E-state index contributed by atoms with van der Waals surface area (Å²) in [5.74, 6) is 3.06. The number of methoxy groups -OCH3 is 2. The van der Waals surface area contributed by atoms with Gasteiger partial charge in [-0.2, -0.15) is 0 Å². The summed E-state index contributed by atoms with van der Waals surface area (Å²) in [5.41, 5.74) is 2.28.